The quantitative estimate of drug-likeness (QED) is 0.786. The van der Waals surface area contributed by atoms with Crippen LogP contribution in [-0.2, 0) is 16.1 Å². The predicted octanol–water partition coefficient (Wildman–Crippen LogP) is 1.43. The molecule has 2 N–H and O–H groups in total. The summed E-state index contributed by atoms with van der Waals surface area (Å²) in [5.41, 5.74) is 0. The number of carbonyl (C=O) groups is 2. The Hall–Kier alpha value is -1.44. The van der Waals surface area contributed by atoms with Crippen LogP contribution in [0.1, 0.15) is 38.0 Å². The third kappa shape index (κ3) is 4.27. The van der Waals surface area contributed by atoms with E-state index in [1.807, 2.05) is 17.5 Å². The molecule has 0 aromatic carbocycles. The minimum atomic E-state index is -0.0716. The molecule has 7 heteroatoms. The third-order valence-corrected chi connectivity index (χ3v) is 6.57. The molecular formula is C19H30N4O2S. The smallest absolute Gasteiger partial charge is 0.239 e. The van der Waals surface area contributed by atoms with Crippen molar-refractivity contribution in [2.24, 2.45) is 0 Å². The standard InChI is InChI=1S/C19H30N4O2S/c1-13(2)23-9-8-16-18(23)19(25)21-11-14(22(16)3)6-7-17(24)20-12-15-5-4-10-26-15/h4-5,10,13-14,16,18H,6-9,11-12H2,1-3H3,(H,20,24)(H,21,25). The van der Waals surface area contributed by atoms with Gasteiger partial charge in [0.15, 0.2) is 0 Å². The molecule has 2 fully saturated rings. The van der Waals surface area contributed by atoms with Gasteiger partial charge in [0, 0.05) is 42.5 Å². The van der Waals surface area contributed by atoms with E-state index in [2.05, 4.69) is 41.3 Å². The maximum Gasteiger partial charge on any atom is 0.239 e. The van der Waals surface area contributed by atoms with Crippen molar-refractivity contribution in [3.8, 4) is 0 Å². The molecule has 2 saturated heterocycles. The highest BCUT2D eigenvalue weighted by Gasteiger charge is 2.45. The van der Waals surface area contributed by atoms with Gasteiger partial charge in [-0.25, -0.2) is 0 Å². The first-order valence-corrected chi connectivity index (χ1v) is 10.4. The van der Waals surface area contributed by atoms with E-state index in [1.54, 1.807) is 11.3 Å². The first kappa shape index (κ1) is 19.3. The lowest BCUT2D eigenvalue weighted by molar-refractivity contribution is -0.126. The average molecular weight is 379 g/mol. The minimum absolute atomic E-state index is 0.0716. The van der Waals surface area contributed by atoms with Crippen LogP contribution in [0.25, 0.3) is 0 Å². The van der Waals surface area contributed by atoms with Gasteiger partial charge in [0.2, 0.25) is 11.8 Å². The van der Waals surface area contributed by atoms with E-state index >= 15 is 0 Å². The van der Waals surface area contributed by atoms with Crippen molar-refractivity contribution in [3.63, 3.8) is 0 Å². The van der Waals surface area contributed by atoms with Crippen LogP contribution < -0.4 is 10.6 Å². The molecule has 3 heterocycles. The van der Waals surface area contributed by atoms with Gasteiger partial charge in [-0.15, -0.1) is 11.3 Å². The van der Waals surface area contributed by atoms with Crippen LogP contribution in [0.15, 0.2) is 17.5 Å². The number of likely N-dealkylation sites (N-methyl/N-ethyl adjacent to an activating group) is 1. The number of nitrogens with one attached hydrogen (secondary N) is 2. The number of fused-ring (bicyclic) bond motifs is 1. The van der Waals surface area contributed by atoms with Gasteiger partial charge in [0.1, 0.15) is 6.04 Å². The summed E-state index contributed by atoms with van der Waals surface area (Å²) in [6.45, 7) is 6.47. The normalized spacial score (nSPS) is 27.2. The van der Waals surface area contributed by atoms with Gasteiger partial charge in [-0.2, -0.15) is 0 Å². The van der Waals surface area contributed by atoms with E-state index < -0.39 is 0 Å². The van der Waals surface area contributed by atoms with Crippen LogP contribution in [0.3, 0.4) is 0 Å². The van der Waals surface area contributed by atoms with E-state index in [4.69, 9.17) is 0 Å². The third-order valence-electron chi connectivity index (χ3n) is 5.69. The highest BCUT2D eigenvalue weighted by molar-refractivity contribution is 7.09. The zero-order chi connectivity index (χ0) is 18.7. The van der Waals surface area contributed by atoms with Crippen LogP contribution in [0.5, 0.6) is 0 Å². The summed E-state index contributed by atoms with van der Waals surface area (Å²) < 4.78 is 0. The Bertz CT molecular complexity index is 619. The molecule has 0 bridgehead atoms. The van der Waals surface area contributed by atoms with E-state index in [0.29, 0.717) is 25.6 Å². The van der Waals surface area contributed by atoms with E-state index in [9.17, 15) is 9.59 Å². The van der Waals surface area contributed by atoms with Crippen molar-refractivity contribution in [1.82, 2.24) is 20.4 Å². The van der Waals surface area contributed by atoms with Gasteiger partial charge in [-0.05, 0) is 45.2 Å². The molecule has 1 aromatic heterocycles. The van der Waals surface area contributed by atoms with Gasteiger partial charge in [0.25, 0.3) is 0 Å². The Kier molecular flexibility index (Phi) is 6.32. The lowest BCUT2D eigenvalue weighted by atomic mass is 10.0. The molecule has 3 unspecified atom stereocenters. The molecule has 2 amide bonds. The summed E-state index contributed by atoms with van der Waals surface area (Å²) in [5.74, 6) is 0.215. The van der Waals surface area contributed by atoms with Crippen LogP contribution in [-0.4, -0.2) is 65.9 Å². The molecule has 0 radical (unpaired) electrons. The van der Waals surface area contributed by atoms with Crippen LogP contribution >= 0.6 is 11.3 Å². The second-order valence-electron chi connectivity index (χ2n) is 7.59. The van der Waals surface area contributed by atoms with E-state index in [1.165, 1.54) is 4.88 Å². The van der Waals surface area contributed by atoms with E-state index in [0.717, 1.165) is 19.4 Å². The summed E-state index contributed by atoms with van der Waals surface area (Å²) in [6, 6.07) is 4.75. The van der Waals surface area contributed by atoms with Crippen LogP contribution in [0, 0.1) is 0 Å². The van der Waals surface area contributed by atoms with Gasteiger partial charge in [-0.1, -0.05) is 6.07 Å². The Morgan fingerprint density at radius 3 is 2.96 bits per heavy atom. The summed E-state index contributed by atoms with van der Waals surface area (Å²) >= 11 is 1.65. The van der Waals surface area contributed by atoms with Crippen molar-refractivity contribution >= 4 is 23.2 Å². The summed E-state index contributed by atoms with van der Waals surface area (Å²) in [7, 11) is 2.11. The molecule has 3 rings (SSSR count). The molecule has 6 nitrogen and oxygen atoms in total. The SMILES string of the molecule is CC(C)N1CCC2C1C(=O)NCC(CCC(=O)NCc1cccs1)N2C. The number of amides is 2. The molecule has 144 valence electrons. The first-order valence-electron chi connectivity index (χ1n) is 9.52. The van der Waals surface area contributed by atoms with Crippen LogP contribution in [0.4, 0.5) is 0 Å². The monoisotopic (exact) mass is 378 g/mol. The molecule has 26 heavy (non-hydrogen) atoms. The van der Waals surface area contributed by atoms with Gasteiger partial charge >= 0.3 is 0 Å². The van der Waals surface area contributed by atoms with Crippen molar-refractivity contribution < 1.29 is 9.59 Å². The number of hydrogen-bond acceptors (Lipinski definition) is 5. The maximum absolute atomic E-state index is 12.6. The molecule has 0 spiro atoms. The fourth-order valence-corrected chi connectivity index (χ4v) is 4.80. The second kappa shape index (κ2) is 8.50. The van der Waals surface area contributed by atoms with Gasteiger partial charge in [0.05, 0.1) is 6.54 Å². The summed E-state index contributed by atoms with van der Waals surface area (Å²) in [5, 5.41) is 8.11. The Balaban J connectivity index is 1.54. The fraction of sp³-hybridized carbons (Fsp3) is 0.684. The fourth-order valence-electron chi connectivity index (χ4n) is 4.16. The largest absolute Gasteiger partial charge is 0.353 e. The molecule has 2 aliphatic heterocycles. The maximum atomic E-state index is 12.6. The Morgan fingerprint density at radius 1 is 1.46 bits per heavy atom. The Morgan fingerprint density at radius 2 is 2.27 bits per heavy atom. The van der Waals surface area contributed by atoms with Crippen molar-refractivity contribution in [2.45, 2.75) is 63.8 Å². The van der Waals surface area contributed by atoms with Crippen molar-refractivity contribution in [1.29, 1.82) is 0 Å². The topological polar surface area (TPSA) is 64.7 Å². The highest BCUT2D eigenvalue weighted by Crippen LogP contribution is 2.28. The molecule has 0 saturated carbocycles. The van der Waals surface area contributed by atoms with Crippen molar-refractivity contribution in [2.75, 3.05) is 20.1 Å². The lowest BCUT2D eigenvalue weighted by Gasteiger charge is -2.34. The second-order valence-corrected chi connectivity index (χ2v) is 8.62. The average Bonchev–Trinajstić information content (AvgIpc) is 3.26. The van der Waals surface area contributed by atoms with Crippen molar-refractivity contribution in [3.05, 3.63) is 22.4 Å². The predicted molar refractivity (Wildman–Crippen MR) is 104 cm³/mol. The zero-order valence-corrected chi connectivity index (χ0v) is 16.7. The van der Waals surface area contributed by atoms with E-state index in [-0.39, 0.29) is 29.9 Å². The number of thiophene rings is 1. The molecule has 3 atom stereocenters. The molecule has 1 aromatic rings. The number of hydrogen-bond donors (Lipinski definition) is 2. The first-order chi connectivity index (χ1) is 12.5. The Labute approximate surface area is 159 Å². The summed E-state index contributed by atoms with van der Waals surface area (Å²) in [6.07, 6.45) is 2.26. The van der Waals surface area contributed by atoms with Gasteiger partial charge in [-0.3, -0.25) is 19.4 Å². The molecule has 2 aliphatic rings. The van der Waals surface area contributed by atoms with Crippen LogP contribution in [0.2, 0.25) is 0 Å². The number of rotatable bonds is 6. The number of likely N-dealkylation sites (tertiary alicyclic amines) is 1. The number of nitrogens with zero attached hydrogens (tertiary/aromatic N) is 2. The highest BCUT2D eigenvalue weighted by atomic mass is 32.1. The number of carbonyl (C=O) groups excluding carboxylic acids is 2. The molecular weight excluding hydrogens is 348 g/mol. The zero-order valence-electron chi connectivity index (χ0n) is 15.9. The van der Waals surface area contributed by atoms with Gasteiger partial charge < -0.3 is 10.6 Å². The molecule has 0 aliphatic carbocycles. The minimum Gasteiger partial charge on any atom is -0.353 e. The summed E-state index contributed by atoms with van der Waals surface area (Å²) in [4.78, 5) is 30.6. The lowest BCUT2D eigenvalue weighted by Crippen LogP contribution is -2.51.